The maximum atomic E-state index is 5.90. The fraction of sp³-hybridized carbons (Fsp3) is 0.0714. The number of benzene rings is 2. The minimum Gasteiger partial charge on any atom is -0.484 e. The van der Waals surface area contributed by atoms with Crippen molar-refractivity contribution in [2.75, 3.05) is 5.73 Å². The fourth-order valence-electron chi connectivity index (χ4n) is 1.81. The lowest BCUT2D eigenvalue weighted by Gasteiger charge is -2.04. The van der Waals surface area contributed by atoms with Crippen LogP contribution in [0.1, 0.15) is 5.89 Å². The summed E-state index contributed by atoms with van der Waals surface area (Å²) in [5.41, 5.74) is 7.68. The summed E-state index contributed by atoms with van der Waals surface area (Å²) < 4.78 is 11.1. The van der Waals surface area contributed by atoms with E-state index in [4.69, 9.17) is 38.1 Å². The van der Waals surface area contributed by atoms with E-state index >= 15 is 0 Å². The lowest BCUT2D eigenvalue weighted by Crippen LogP contribution is -1.95. The molecule has 0 amide bonds. The predicted molar refractivity (Wildman–Crippen MR) is 79.2 cm³/mol. The second-order valence-electron chi connectivity index (χ2n) is 4.23. The van der Waals surface area contributed by atoms with E-state index < -0.39 is 0 Å². The number of ether oxygens (including phenoxy) is 1. The van der Waals surface area contributed by atoms with Crippen molar-refractivity contribution < 1.29 is 9.15 Å². The van der Waals surface area contributed by atoms with Gasteiger partial charge >= 0.3 is 0 Å². The van der Waals surface area contributed by atoms with E-state index in [1.165, 1.54) is 0 Å². The first-order valence-electron chi connectivity index (χ1n) is 5.84. The number of aromatic nitrogens is 1. The summed E-state index contributed by atoms with van der Waals surface area (Å²) in [6, 6.07) is 10.3. The monoisotopic (exact) mass is 308 g/mol. The van der Waals surface area contributed by atoms with Crippen LogP contribution in [0.4, 0.5) is 5.69 Å². The minimum atomic E-state index is 0.186. The molecule has 2 N–H and O–H groups in total. The lowest BCUT2D eigenvalue weighted by molar-refractivity contribution is 0.267. The molecule has 0 unspecified atom stereocenters. The summed E-state index contributed by atoms with van der Waals surface area (Å²) in [7, 11) is 0. The third-order valence-corrected chi connectivity index (χ3v) is 3.09. The minimum absolute atomic E-state index is 0.186. The third kappa shape index (κ3) is 2.81. The van der Waals surface area contributed by atoms with Crippen LogP contribution in [0.5, 0.6) is 5.75 Å². The van der Waals surface area contributed by atoms with E-state index in [1.54, 1.807) is 36.4 Å². The average molecular weight is 309 g/mol. The number of nitrogens with zero attached hydrogens (tertiary/aromatic N) is 1. The van der Waals surface area contributed by atoms with Crippen molar-refractivity contribution in [3.63, 3.8) is 0 Å². The highest BCUT2D eigenvalue weighted by molar-refractivity contribution is 6.34. The van der Waals surface area contributed by atoms with Gasteiger partial charge in [-0.2, -0.15) is 0 Å². The van der Waals surface area contributed by atoms with Crippen molar-refractivity contribution in [3.05, 3.63) is 52.3 Å². The summed E-state index contributed by atoms with van der Waals surface area (Å²) in [6.07, 6.45) is 0. The van der Waals surface area contributed by atoms with Crippen molar-refractivity contribution >= 4 is 40.0 Å². The Labute approximate surface area is 125 Å². The van der Waals surface area contributed by atoms with Crippen LogP contribution in [0, 0.1) is 0 Å². The zero-order valence-electron chi connectivity index (χ0n) is 10.3. The second kappa shape index (κ2) is 5.23. The summed E-state index contributed by atoms with van der Waals surface area (Å²) in [6.45, 7) is 0.186. The quantitative estimate of drug-likeness (QED) is 0.733. The molecule has 0 radical (unpaired) electrons. The van der Waals surface area contributed by atoms with Gasteiger partial charge in [-0.1, -0.05) is 23.2 Å². The topological polar surface area (TPSA) is 61.3 Å². The number of nitrogens with two attached hydrogens (primary N) is 1. The molecule has 3 aromatic rings. The molecule has 0 saturated heterocycles. The van der Waals surface area contributed by atoms with Crippen molar-refractivity contribution in [1.82, 2.24) is 4.98 Å². The molecule has 0 aliphatic rings. The zero-order valence-corrected chi connectivity index (χ0v) is 11.8. The van der Waals surface area contributed by atoms with E-state index in [0.717, 1.165) is 5.52 Å². The van der Waals surface area contributed by atoms with E-state index in [-0.39, 0.29) is 6.61 Å². The zero-order chi connectivity index (χ0) is 14.1. The average Bonchev–Trinajstić information content (AvgIpc) is 2.77. The molecule has 102 valence electrons. The van der Waals surface area contributed by atoms with Gasteiger partial charge in [-0.3, -0.25) is 0 Å². The Morgan fingerprint density at radius 1 is 1.10 bits per heavy atom. The Balaban J connectivity index is 1.79. The summed E-state index contributed by atoms with van der Waals surface area (Å²) in [4.78, 5) is 4.30. The van der Waals surface area contributed by atoms with Gasteiger partial charge in [0.1, 0.15) is 11.3 Å². The van der Waals surface area contributed by atoms with Gasteiger partial charge in [0.25, 0.3) is 0 Å². The number of oxazole rings is 1. The molecule has 1 heterocycles. The molecular weight excluding hydrogens is 299 g/mol. The molecule has 0 saturated carbocycles. The van der Waals surface area contributed by atoms with Crippen LogP contribution in [0.25, 0.3) is 11.1 Å². The van der Waals surface area contributed by atoms with Crippen molar-refractivity contribution in [3.8, 4) is 5.75 Å². The predicted octanol–water partition coefficient (Wildman–Crippen LogP) is 4.30. The molecule has 0 aliphatic carbocycles. The molecule has 20 heavy (non-hydrogen) atoms. The normalized spacial score (nSPS) is 10.9. The first-order chi connectivity index (χ1) is 9.60. The standard InChI is InChI=1S/C14H10Cl2N2O2/c15-8-3-9(16)5-11(4-8)19-7-14-18-12-2-1-10(17)6-13(12)20-14/h1-6H,7,17H2. The van der Waals surface area contributed by atoms with E-state index in [9.17, 15) is 0 Å². The Kier molecular flexibility index (Phi) is 3.42. The van der Waals surface area contributed by atoms with Gasteiger partial charge in [-0.15, -0.1) is 0 Å². The Bertz CT molecular complexity index is 751. The van der Waals surface area contributed by atoms with Crippen LogP contribution in [0.15, 0.2) is 40.8 Å². The SMILES string of the molecule is Nc1ccc2nc(COc3cc(Cl)cc(Cl)c3)oc2c1. The molecule has 0 spiro atoms. The number of hydrogen-bond acceptors (Lipinski definition) is 4. The van der Waals surface area contributed by atoms with Gasteiger partial charge in [0, 0.05) is 21.8 Å². The molecule has 1 aromatic heterocycles. The fourth-order valence-corrected chi connectivity index (χ4v) is 2.31. The highest BCUT2D eigenvalue weighted by Crippen LogP contribution is 2.25. The van der Waals surface area contributed by atoms with E-state index in [2.05, 4.69) is 4.98 Å². The molecule has 6 heteroatoms. The van der Waals surface area contributed by atoms with Gasteiger partial charge in [-0.25, -0.2) is 4.98 Å². The molecule has 0 bridgehead atoms. The van der Waals surface area contributed by atoms with E-state index in [1.807, 2.05) is 0 Å². The Hall–Kier alpha value is -1.91. The highest BCUT2D eigenvalue weighted by Gasteiger charge is 2.07. The number of hydrogen-bond donors (Lipinski definition) is 1. The second-order valence-corrected chi connectivity index (χ2v) is 5.10. The molecule has 2 aromatic carbocycles. The summed E-state index contributed by atoms with van der Waals surface area (Å²) in [5.74, 6) is 1.02. The van der Waals surface area contributed by atoms with Gasteiger partial charge in [0.15, 0.2) is 12.2 Å². The first-order valence-corrected chi connectivity index (χ1v) is 6.59. The van der Waals surface area contributed by atoms with Crippen LogP contribution in [0.3, 0.4) is 0 Å². The van der Waals surface area contributed by atoms with Crippen LogP contribution in [-0.2, 0) is 6.61 Å². The van der Waals surface area contributed by atoms with Crippen LogP contribution < -0.4 is 10.5 Å². The van der Waals surface area contributed by atoms with Crippen molar-refractivity contribution in [2.24, 2.45) is 0 Å². The molecular formula is C14H10Cl2N2O2. The Morgan fingerprint density at radius 2 is 1.85 bits per heavy atom. The van der Waals surface area contributed by atoms with Gasteiger partial charge in [0.2, 0.25) is 5.89 Å². The summed E-state index contributed by atoms with van der Waals surface area (Å²) >= 11 is 11.8. The maximum Gasteiger partial charge on any atom is 0.233 e. The maximum absolute atomic E-state index is 5.90. The first kappa shape index (κ1) is 13.1. The molecule has 4 nitrogen and oxygen atoms in total. The molecule has 0 atom stereocenters. The third-order valence-electron chi connectivity index (χ3n) is 2.66. The van der Waals surface area contributed by atoms with Crippen molar-refractivity contribution in [2.45, 2.75) is 6.61 Å². The largest absolute Gasteiger partial charge is 0.484 e. The highest BCUT2D eigenvalue weighted by atomic mass is 35.5. The van der Waals surface area contributed by atoms with E-state index in [0.29, 0.717) is 33.0 Å². The van der Waals surface area contributed by atoms with Gasteiger partial charge < -0.3 is 14.9 Å². The number of fused-ring (bicyclic) bond motifs is 1. The smallest absolute Gasteiger partial charge is 0.233 e. The molecule has 3 rings (SSSR count). The number of rotatable bonds is 3. The molecule has 0 fully saturated rings. The van der Waals surface area contributed by atoms with Crippen LogP contribution >= 0.6 is 23.2 Å². The van der Waals surface area contributed by atoms with Crippen molar-refractivity contribution in [1.29, 1.82) is 0 Å². The number of nitrogen functional groups attached to an aromatic ring is 1. The van der Waals surface area contributed by atoms with Gasteiger partial charge in [0.05, 0.1) is 0 Å². The number of halogens is 2. The van der Waals surface area contributed by atoms with Crippen LogP contribution in [0.2, 0.25) is 10.0 Å². The lowest BCUT2D eigenvalue weighted by atomic mass is 10.3. The number of anilines is 1. The van der Waals surface area contributed by atoms with Crippen LogP contribution in [-0.4, -0.2) is 4.98 Å². The summed E-state index contributed by atoms with van der Waals surface area (Å²) in [5, 5.41) is 1.02. The Morgan fingerprint density at radius 3 is 2.60 bits per heavy atom. The van der Waals surface area contributed by atoms with Gasteiger partial charge in [-0.05, 0) is 30.3 Å². The molecule has 0 aliphatic heterocycles.